The van der Waals surface area contributed by atoms with Crippen molar-refractivity contribution in [3.8, 4) is 11.4 Å². The van der Waals surface area contributed by atoms with E-state index in [0.29, 0.717) is 0 Å². The SMILES string of the molecule is CC(=O)N1CCN(c2nc(-c3ccccc3)nc3[nH]c(C)cc23)CC1. The van der Waals surface area contributed by atoms with E-state index < -0.39 is 0 Å². The molecule has 1 aliphatic rings. The van der Waals surface area contributed by atoms with Crippen molar-refractivity contribution >= 4 is 22.8 Å². The van der Waals surface area contributed by atoms with E-state index >= 15 is 0 Å². The molecule has 0 aliphatic carbocycles. The van der Waals surface area contributed by atoms with Gasteiger partial charge in [0, 0.05) is 44.4 Å². The molecule has 6 nitrogen and oxygen atoms in total. The first-order valence-corrected chi connectivity index (χ1v) is 8.55. The highest BCUT2D eigenvalue weighted by Crippen LogP contribution is 2.28. The van der Waals surface area contributed by atoms with Gasteiger partial charge in [-0.2, -0.15) is 0 Å². The van der Waals surface area contributed by atoms with E-state index in [-0.39, 0.29) is 5.91 Å². The van der Waals surface area contributed by atoms with Gasteiger partial charge in [-0.3, -0.25) is 4.79 Å². The predicted molar refractivity (Wildman–Crippen MR) is 98.5 cm³/mol. The van der Waals surface area contributed by atoms with Gasteiger partial charge in [0.05, 0.1) is 5.39 Å². The molecular weight excluding hydrogens is 314 g/mol. The first-order valence-electron chi connectivity index (χ1n) is 8.55. The van der Waals surface area contributed by atoms with Crippen molar-refractivity contribution in [2.75, 3.05) is 31.1 Å². The molecule has 0 bridgehead atoms. The number of aromatic nitrogens is 3. The van der Waals surface area contributed by atoms with Crippen LogP contribution in [0, 0.1) is 6.92 Å². The summed E-state index contributed by atoms with van der Waals surface area (Å²) in [4.78, 5) is 28.6. The molecule has 0 unspecified atom stereocenters. The van der Waals surface area contributed by atoms with Crippen molar-refractivity contribution in [3.05, 3.63) is 42.1 Å². The standard InChI is InChI=1S/C19H21N5O/c1-13-12-16-18(20-13)21-17(15-6-4-3-5-7-15)22-19(16)24-10-8-23(9-11-24)14(2)25/h3-7,12H,8-11H2,1-2H3,(H,20,21,22). The maximum absolute atomic E-state index is 11.6. The maximum atomic E-state index is 11.6. The van der Waals surface area contributed by atoms with E-state index in [1.165, 1.54) is 0 Å². The predicted octanol–water partition coefficient (Wildman–Crippen LogP) is 2.60. The van der Waals surface area contributed by atoms with Crippen molar-refractivity contribution in [3.63, 3.8) is 0 Å². The highest BCUT2D eigenvalue weighted by atomic mass is 16.2. The molecule has 0 atom stereocenters. The lowest BCUT2D eigenvalue weighted by atomic mass is 10.2. The van der Waals surface area contributed by atoms with Crippen LogP contribution in [0.15, 0.2) is 36.4 Å². The molecule has 6 heteroatoms. The molecule has 1 fully saturated rings. The molecule has 0 spiro atoms. The summed E-state index contributed by atoms with van der Waals surface area (Å²) in [5, 5.41) is 1.04. The summed E-state index contributed by atoms with van der Waals surface area (Å²) in [6.45, 7) is 6.67. The summed E-state index contributed by atoms with van der Waals surface area (Å²) in [5.41, 5.74) is 2.92. The minimum Gasteiger partial charge on any atom is -0.352 e. The topological polar surface area (TPSA) is 65.1 Å². The third-order valence-corrected chi connectivity index (χ3v) is 4.66. The van der Waals surface area contributed by atoms with Gasteiger partial charge in [0.2, 0.25) is 5.91 Å². The van der Waals surface area contributed by atoms with Gasteiger partial charge >= 0.3 is 0 Å². The highest BCUT2D eigenvalue weighted by molar-refractivity contribution is 5.90. The summed E-state index contributed by atoms with van der Waals surface area (Å²) < 4.78 is 0. The molecule has 128 valence electrons. The Kier molecular flexibility index (Phi) is 3.87. The van der Waals surface area contributed by atoms with Gasteiger partial charge in [-0.1, -0.05) is 30.3 Å². The Morgan fingerprint density at radius 1 is 1.08 bits per heavy atom. The summed E-state index contributed by atoms with van der Waals surface area (Å²) >= 11 is 0. The van der Waals surface area contributed by atoms with Gasteiger partial charge in [-0.05, 0) is 13.0 Å². The van der Waals surface area contributed by atoms with Gasteiger partial charge in [0.25, 0.3) is 0 Å². The van der Waals surface area contributed by atoms with Gasteiger partial charge in [0.1, 0.15) is 11.5 Å². The molecule has 3 heterocycles. The lowest BCUT2D eigenvalue weighted by molar-refractivity contribution is -0.129. The molecule has 0 saturated carbocycles. The number of aromatic amines is 1. The van der Waals surface area contributed by atoms with Crippen LogP contribution in [0.3, 0.4) is 0 Å². The maximum Gasteiger partial charge on any atom is 0.219 e. The first-order chi connectivity index (χ1) is 12.1. The molecule has 1 saturated heterocycles. The van der Waals surface area contributed by atoms with Gasteiger partial charge < -0.3 is 14.8 Å². The van der Waals surface area contributed by atoms with E-state index in [1.807, 2.05) is 42.2 Å². The van der Waals surface area contributed by atoms with Crippen LogP contribution < -0.4 is 4.90 Å². The van der Waals surface area contributed by atoms with Crippen molar-refractivity contribution in [1.29, 1.82) is 0 Å². The molecule has 1 N–H and O–H groups in total. The number of hydrogen-bond donors (Lipinski definition) is 1. The van der Waals surface area contributed by atoms with Crippen LogP contribution in [0.4, 0.5) is 5.82 Å². The number of carbonyl (C=O) groups is 1. The van der Waals surface area contributed by atoms with Crippen molar-refractivity contribution in [2.24, 2.45) is 0 Å². The second-order valence-corrected chi connectivity index (χ2v) is 6.44. The molecule has 0 radical (unpaired) electrons. The zero-order valence-corrected chi connectivity index (χ0v) is 14.5. The van der Waals surface area contributed by atoms with Crippen LogP contribution in [0.25, 0.3) is 22.4 Å². The van der Waals surface area contributed by atoms with Gasteiger partial charge in [0.15, 0.2) is 5.82 Å². The van der Waals surface area contributed by atoms with Crippen LogP contribution >= 0.6 is 0 Å². The molecule has 1 aliphatic heterocycles. The smallest absolute Gasteiger partial charge is 0.219 e. The Labute approximate surface area is 146 Å². The van der Waals surface area contributed by atoms with E-state index in [1.54, 1.807) is 6.92 Å². The lowest BCUT2D eigenvalue weighted by Gasteiger charge is -2.35. The molecule has 2 aromatic heterocycles. The Morgan fingerprint density at radius 2 is 1.80 bits per heavy atom. The van der Waals surface area contributed by atoms with E-state index in [0.717, 1.165) is 60.1 Å². The number of rotatable bonds is 2. The van der Waals surface area contributed by atoms with Crippen molar-refractivity contribution in [2.45, 2.75) is 13.8 Å². The third-order valence-electron chi connectivity index (χ3n) is 4.66. The fourth-order valence-electron chi connectivity index (χ4n) is 3.32. The fourth-order valence-corrected chi connectivity index (χ4v) is 3.32. The van der Waals surface area contributed by atoms with Crippen molar-refractivity contribution < 1.29 is 4.79 Å². The van der Waals surface area contributed by atoms with Crippen LogP contribution in [0.5, 0.6) is 0 Å². The normalized spacial score (nSPS) is 15.0. The fraction of sp³-hybridized carbons (Fsp3) is 0.316. The second-order valence-electron chi connectivity index (χ2n) is 6.44. The molecule has 4 rings (SSSR count). The average Bonchev–Trinajstić information content (AvgIpc) is 3.02. The Balaban J connectivity index is 1.76. The largest absolute Gasteiger partial charge is 0.352 e. The molecule has 1 amide bonds. The van der Waals surface area contributed by atoms with E-state index in [2.05, 4.69) is 16.0 Å². The molecule has 25 heavy (non-hydrogen) atoms. The first kappa shape index (κ1) is 15.6. The number of nitrogens with zero attached hydrogens (tertiary/aromatic N) is 4. The highest BCUT2D eigenvalue weighted by Gasteiger charge is 2.23. The summed E-state index contributed by atoms with van der Waals surface area (Å²) in [7, 11) is 0. The monoisotopic (exact) mass is 335 g/mol. The molecule has 1 aromatic carbocycles. The van der Waals surface area contributed by atoms with Crippen LogP contribution in [0.2, 0.25) is 0 Å². The third kappa shape index (κ3) is 2.95. The Hall–Kier alpha value is -2.89. The average molecular weight is 335 g/mol. The Bertz CT molecular complexity index is 910. The number of H-pyrrole nitrogens is 1. The zero-order chi connectivity index (χ0) is 17.4. The zero-order valence-electron chi connectivity index (χ0n) is 14.5. The number of amides is 1. The molecular formula is C19H21N5O. The number of benzene rings is 1. The van der Waals surface area contributed by atoms with Gasteiger partial charge in [-0.15, -0.1) is 0 Å². The van der Waals surface area contributed by atoms with Crippen molar-refractivity contribution in [1.82, 2.24) is 19.9 Å². The number of hydrogen-bond acceptors (Lipinski definition) is 4. The minimum absolute atomic E-state index is 0.134. The molecule has 3 aromatic rings. The lowest BCUT2D eigenvalue weighted by Crippen LogP contribution is -2.48. The number of anilines is 1. The van der Waals surface area contributed by atoms with E-state index in [4.69, 9.17) is 9.97 Å². The number of nitrogens with one attached hydrogen (secondary N) is 1. The number of fused-ring (bicyclic) bond motifs is 1. The summed E-state index contributed by atoms with van der Waals surface area (Å²) in [5.74, 6) is 1.80. The van der Waals surface area contributed by atoms with Gasteiger partial charge in [-0.25, -0.2) is 9.97 Å². The summed E-state index contributed by atoms with van der Waals surface area (Å²) in [6.07, 6.45) is 0. The minimum atomic E-state index is 0.134. The quantitative estimate of drug-likeness (QED) is 0.782. The number of carbonyl (C=O) groups excluding carboxylic acids is 1. The van der Waals surface area contributed by atoms with E-state index in [9.17, 15) is 4.79 Å². The number of aryl methyl sites for hydroxylation is 1. The van der Waals surface area contributed by atoms with Crippen LogP contribution in [-0.2, 0) is 4.79 Å². The number of piperazine rings is 1. The second kappa shape index (κ2) is 6.20. The van der Waals surface area contributed by atoms with Crippen LogP contribution in [-0.4, -0.2) is 51.9 Å². The summed E-state index contributed by atoms with van der Waals surface area (Å²) in [6, 6.07) is 12.1. The Morgan fingerprint density at radius 3 is 2.48 bits per heavy atom. The van der Waals surface area contributed by atoms with Crippen LogP contribution in [0.1, 0.15) is 12.6 Å².